The van der Waals surface area contributed by atoms with E-state index in [1.54, 1.807) is 0 Å². The number of hydrogen-bond donors (Lipinski definition) is 5. The van der Waals surface area contributed by atoms with Crippen molar-refractivity contribution < 1.29 is 25.2 Å². The van der Waals surface area contributed by atoms with Crippen LogP contribution in [0.25, 0.3) is 0 Å². The molecule has 5 atom stereocenters. The fraction of sp³-hybridized carbons (Fsp3) is 1.00. The second-order valence-corrected chi connectivity index (χ2v) is 3.31. The molecule has 0 aromatic rings. The summed E-state index contributed by atoms with van der Waals surface area (Å²) in [6.07, 6.45) is -5.37. The van der Waals surface area contributed by atoms with Crippen molar-refractivity contribution in [3.63, 3.8) is 0 Å². The maximum Gasteiger partial charge on any atom is 0.137 e. The van der Waals surface area contributed by atoms with Gasteiger partial charge in [0.2, 0.25) is 0 Å². The smallest absolute Gasteiger partial charge is 0.137 e. The minimum atomic E-state index is -1.30. The molecule has 1 heterocycles. The van der Waals surface area contributed by atoms with Crippen LogP contribution in [0, 0.1) is 0 Å². The molecule has 0 saturated carbocycles. The second-order valence-electron chi connectivity index (χ2n) is 3.31. The number of ether oxygens (including phenoxy) is 1. The molecule has 1 saturated heterocycles. The van der Waals surface area contributed by atoms with Crippen LogP contribution in [0.15, 0.2) is 0 Å². The van der Waals surface area contributed by atoms with E-state index in [0.29, 0.717) is 6.54 Å². The summed E-state index contributed by atoms with van der Waals surface area (Å²) >= 11 is 0. The highest BCUT2D eigenvalue weighted by Gasteiger charge is 2.42. The van der Waals surface area contributed by atoms with Crippen LogP contribution in [0.1, 0.15) is 6.92 Å². The molecule has 1 fully saturated rings. The molecule has 0 bridgehead atoms. The maximum atomic E-state index is 9.47. The van der Waals surface area contributed by atoms with Gasteiger partial charge in [-0.05, 0) is 6.54 Å². The summed E-state index contributed by atoms with van der Waals surface area (Å²) in [5.74, 6) is 0. The van der Waals surface area contributed by atoms with Crippen molar-refractivity contribution in [1.82, 2.24) is 5.32 Å². The van der Waals surface area contributed by atoms with Crippen LogP contribution < -0.4 is 5.32 Å². The van der Waals surface area contributed by atoms with Crippen LogP contribution in [-0.4, -0.2) is 64.2 Å². The summed E-state index contributed by atoms with van der Waals surface area (Å²) in [6.45, 7) is 1.98. The Morgan fingerprint density at radius 3 is 2.29 bits per heavy atom. The zero-order valence-electron chi connectivity index (χ0n) is 8.00. The molecule has 84 valence electrons. The van der Waals surface area contributed by atoms with E-state index in [4.69, 9.17) is 9.84 Å². The summed E-state index contributed by atoms with van der Waals surface area (Å²) in [7, 11) is 0. The van der Waals surface area contributed by atoms with Crippen LogP contribution in [-0.2, 0) is 4.74 Å². The Morgan fingerprint density at radius 2 is 1.79 bits per heavy atom. The molecular weight excluding hydrogens is 190 g/mol. The molecule has 1 aliphatic heterocycles. The molecular formula is C8H17NO5. The first-order chi connectivity index (χ1) is 6.61. The first kappa shape index (κ1) is 11.8. The molecule has 0 aromatic heterocycles. The molecule has 1 rings (SSSR count). The lowest BCUT2D eigenvalue weighted by Gasteiger charge is -2.40. The van der Waals surface area contributed by atoms with Gasteiger partial charge in [0.1, 0.15) is 30.6 Å². The molecule has 0 radical (unpaired) electrons. The Hall–Kier alpha value is -0.240. The normalized spacial score (nSPS) is 43.9. The van der Waals surface area contributed by atoms with E-state index in [0.717, 1.165) is 0 Å². The maximum absolute atomic E-state index is 9.47. The van der Waals surface area contributed by atoms with E-state index in [-0.39, 0.29) is 0 Å². The second kappa shape index (κ2) is 5.01. The van der Waals surface area contributed by atoms with Crippen LogP contribution in [0.2, 0.25) is 0 Å². The Bertz CT molecular complexity index is 175. The quantitative estimate of drug-likeness (QED) is 0.348. The fourth-order valence-electron chi connectivity index (χ4n) is 1.47. The molecule has 0 aliphatic carbocycles. The minimum absolute atomic E-state index is 0.396. The van der Waals surface area contributed by atoms with E-state index >= 15 is 0 Å². The Balaban J connectivity index is 2.63. The molecule has 5 unspecified atom stereocenters. The highest BCUT2D eigenvalue weighted by Crippen LogP contribution is 2.19. The van der Waals surface area contributed by atoms with Crippen molar-refractivity contribution >= 4 is 0 Å². The van der Waals surface area contributed by atoms with E-state index < -0.39 is 37.3 Å². The number of likely N-dealkylation sites (N-methyl/N-ethyl adjacent to an activating group) is 1. The molecule has 0 amide bonds. The lowest BCUT2D eigenvalue weighted by molar-refractivity contribution is -0.236. The molecule has 14 heavy (non-hydrogen) atoms. The lowest BCUT2D eigenvalue weighted by Crippen LogP contribution is -2.62. The van der Waals surface area contributed by atoms with Crippen molar-refractivity contribution in [2.75, 3.05) is 13.2 Å². The summed E-state index contributed by atoms with van der Waals surface area (Å²) in [6, 6.07) is 0. The summed E-state index contributed by atoms with van der Waals surface area (Å²) in [5, 5.41) is 39.9. The van der Waals surface area contributed by atoms with Gasteiger partial charge in [-0.25, -0.2) is 0 Å². The standard InChI is InChI=1S/C8H17NO5/c1-2-9-8-7(13)6(12)5(11)4(3-10)14-8/h4-13H,2-3H2,1H3. The first-order valence-corrected chi connectivity index (χ1v) is 4.65. The summed E-state index contributed by atoms with van der Waals surface area (Å²) in [4.78, 5) is 0. The van der Waals surface area contributed by atoms with Crippen molar-refractivity contribution in [2.45, 2.75) is 37.6 Å². The summed E-state index contributed by atoms with van der Waals surface area (Å²) in [5.41, 5.74) is 0. The Kier molecular flexibility index (Phi) is 4.24. The predicted molar refractivity (Wildman–Crippen MR) is 47.4 cm³/mol. The highest BCUT2D eigenvalue weighted by molar-refractivity contribution is 4.90. The molecule has 1 aliphatic rings. The fourth-order valence-corrected chi connectivity index (χ4v) is 1.47. The van der Waals surface area contributed by atoms with Gasteiger partial charge in [-0.3, -0.25) is 5.32 Å². The van der Waals surface area contributed by atoms with Crippen molar-refractivity contribution in [2.24, 2.45) is 0 Å². The number of aliphatic hydroxyl groups excluding tert-OH is 4. The van der Waals surface area contributed by atoms with Gasteiger partial charge in [0.15, 0.2) is 0 Å². The van der Waals surface area contributed by atoms with Gasteiger partial charge in [-0.2, -0.15) is 0 Å². The van der Waals surface area contributed by atoms with Crippen molar-refractivity contribution in [1.29, 1.82) is 0 Å². The first-order valence-electron chi connectivity index (χ1n) is 4.65. The third-order valence-electron chi connectivity index (χ3n) is 2.30. The molecule has 6 nitrogen and oxygen atoms in total. The van der Waals surface area contributed by atoms with E-state index in [1.165, 1.54) is 0 Å². The van der Waals surface area contributed by atoms with Gasteiger partial charge in [0.05, 0.1) is 6.61 Å². The molecule has 6 heteroatoms. The number of aliphatic hydroxyl groups is 4. The van der Waals surface area contributed by atoms with E-state index in [1.807, 2.05) is 6.92 Å². The third-order valence-corrected chi connectivity index (χ3v) is 2.30. The van der Waals surface area contributed by atoms with Crippen LogP contribution in [0.4, 0.5) is 0 Å². The van der Waals surface area contributed by atoms with Gasteiger partial charge in [-0.1, -0.05) is 6.92 Å². The van der Waals surface area contributed by atoms with Gasteiger partial charge in [-0.15, -0.1) is 0 Å². The van der Waals surface area contributed by atoms with E-state index in [2.05, 4.69) is 5.32 Å². The van der Waals surface area contributed by atoms with Gasteiger partial charge < -0.3 is 25.2 Å². The Morgan fingerprint density at radius 1 is 1.14 bits per heavy atom. The zero-order chi connectivity index (χ0) is 10.7. The van der Waals surface area contributed by atoms with Gasteiger partial charge in [0.25, 0.3) is 0 Å². The highest BCUT2D eigenvalue weighted by atomic mass is 16.6. The van der Waals surface area contributed by atoms with Crippen molar-refractivity contribution in [3.05, 3.63) is 0 Å². The van der Waals surface area contributed by atoms with Crippen LogP contribution >= 0.6 is 0 Å². The average molecular weight is 207 g/mol. The zero-order valence-corrected chi connectivity index (χ0v) is 8.00. The summed E-state index contributed by atoms with van der Waals surface area (Å²) < 4.78 is 5.15. The SMILES string of the molecule is CCNC1OC(CO)C(O)C(O)C1O. The van der Waals surface area contributed by atoms with Crippen LogP contribution in [0.3, 0.4) is 0 Å². The van der Waals surface area contributed by atoms with Gasteiger partial charge in [0, 0.05) is 0 Å². The predicted octanol–water partition coefficient (Wildman–Crippen LogP) is -2.60. The average Bonchev–Trinajstić information content (AvgIpc) is 2.19. The van der Waals surface area contributed by atoms with Crippen LogP contribution in [0.5, 0.6) is 0 Å². The number of rotatable bonds is 3. The monoisotopic (exact) mass is 207 g/mol. The Labute approximate surface area is 82.1 Å². The number of hydrogen-bond acceptors (Lipinski definition) is 6. The molecule has 5 N–H and O–H groups in total. The largest absolute Gasteiger partial charge is 0.394 e. The third kappa shape index (κ3) is 2.22. The van der Waals surface area contributed by atoms with Crippen molar-refractivity contribution in [3.8, 4) is 0 Å². The minimum Gasteiger partial charge on any atom is -0.394 e. The van der Waals surface area contributed by atoms with E-state index in [9.17, 15) is 15.3 Å². The topological polar surface area (TPSA) is 102 Å². The number of nitrogens with one attached hydrogen (secondary N) is 1. The lowest BCUT2D eigenvalue weighted by atomic mass is 9.98. The molecule has 0 spiro atoms. The van der Waals surface area contributed by atoms with Gasteiger partial charge >= 0.3 is 0 Å². The molecule has 0 aromatic carbocycles.